The molecule has 3 rings (SSSR count). The third kappa shape index (κ3) is 3.63. The number of nitrogens with one attached hydrogen (secondary N) is 1. The number of amides is 2. The molecule has 5 nitrogen and oxygen atoms in total. The van der Waals surface area contributed by atoms with Crippen molar-refractivity contribution < 1.29 is 22.8 Å². The molecule has 8 heteroatoms. The number of hydrogen-bond donors (Lipinski definition) is 2. The molecule has 0 bridgehead atoms. The smallest absolute Gasteiger partial charge is 0.374 e. The Morgan fingerprint density at radius 1 is 1.15 bits per heavy atom. The van der Waals surface area contributed by atoms with Crippen LogP contribution in [0.5, 0.6) is 0 Å². The molecule has 2 aromatic rings. The summed E-state index contributed by atoms with van der Waals surface area (Å²) in [6, 6.07) is 10.5. The zero-order chi connectivity index (χ0) is 18.9. The number of carbonyl (C=O) groups excluding carboxylic acids is 2. The predicted octanol–water partition coefficient (Wildman–Crippen LogP) is 3.02. The topological polar surface area (TPSA) is 75.4 Å². The van der Waals surface area contributed by atoms with E-state index in [-0.39, 0.29) is 11.6 Å². The number of nitrogens with two attached hydrogens (primary N) is 1. The highest BCUT2D eigenvalue weighted by Crippen LogP contribution is 2.33. The second-order valence-electron chi connectivity index (χ2n) is 5.97. The van der Waals surface area contributed by atoms with Gasteiger partial charge in [-0.15, -0.1) is 0 Å². The van der Waals surface area contributed by atoms with E-state index in [1.807, 2.05) is 0 Å². The Kier molecular flexibility index (Phi) is 4.58. The Morgan fingerprint density at radius 3 is 2.46 bits per heavy atom. The van der Waals surface area contributed by atoms with E-state index >= 15 is 0 Å². The quantitative estimate of drug-likeness (QED) is 0.877. The first kappa shape index (κ1) is 17.8. The number of anilines is 2. The molecule has 1 fully saturated rings. The van der Waals surface area contributed by atoms with E-state index < -0.39 is 23.7 Å². The highest BCUT2D eigenvalue weighted by Gasteiger charge is 2.35. The van der Waals surface area contributed by atoms with Gasteiger partial charge in [0.25, 0.3) is 0 Å². The molecule has 0 saturated carbocycles. The van der Waals surface area contributed by atoms with Gasteiger partial charge in [-0.3, -0.25) is 9.59 Å². The van der Waals surface area contributed by atoms with Gasteiger partial charge in [-0.2, -0.15) is 13.2 Å². The zero-order valence-corrected chi connectivity index (χ0v) is 13.6. The van der Waals surface area contributed by atoms with Crippen LogP contribution in [0.15, 0.2) is 48.5 Å². The van der Waals surface area contributed by atoms with Crippen molar-refractivity contribution in [3.63, 3.8) is 0 Å². The van der Waals surface area contributed by atoms with E-state index in [4.69, 9.17) is 5.73 Å². The van der Waals surface area contributed by atoms with Gasteiger partial charge in [0, 0.05) is 23.5 Å². The number of primary amides is 1. The fourth-order valence-corrected chi connectivity index (χ4v) is 2.85. The summed E-state index contributed by atoms with van der Waals surface area (Å²) in [7, 11) is 0. The average molecular weight is 363 g/mol. The number of benzene rings is 2. The molecule has 0 aromatic heterocycles. The van der Waals surface area contributed by atoms with E-state index in [0.717, 1.165) is 12.1 Å². The summed E-state index contributed by atoms with van der Waals surface area (Å²) in [5.41, 5.74) is 5.58. The molecule has 26 heavy (non-hydrogen) atoms. The number of alkyl halides is 3. The molecule has 1 aliphatic heterocycles. The monoisotopic (exact) mass is 363 g/mol. The zero-order valence-electron chi connectivity index (χ0n) is 13.6. The summed E-state index contributed by atoms with van der Waals surface area (Å²) in [4.78, 5) is 25.0. The molecular formula is C18H16F3N3O2. The van der Waals surface area contributed by atoms with Crippen molar-refractivity contribution in [3.8, 4) is 0 Å². The molecule has 1 atom stereocenters. The number of hydrogen-bond acceptors (Lipinski definition) is 3. The fourth-order valence-electron chi connectivity index (χ4n) is 2.85. The first-order valence-corrected chi connectivity index (χ1v) is 7.91. The highest BCUT2D eigenvalue weighted by atomic mass is 19.4. The lowest BCUT2D eigenvalue weighted by Gasteiger charge is -2.19. The Labute approximate surface area is 147 Å². The summed E-state index contributed by atoms with van der Waals surface area (Å²) in [5.74, 6) is -0.854. The maximum absolute atomic E-state index is 12.9. The predicted molar refractivity (Wildman–Crippen MR) is 90.8 cm³/mol. The molecular weight excluding hydrogens is 347 g/mol. The van der Waals surface area contributed by atoms with Crippen molar-refractivity contribution >= 4 is 23.2 Å². The first-order chi connectivity index (χ1) is 12.3. The van der Waals surface area contributed by atoms with Crippen LogP contribution < -0.4 is 16.0 Å². The van der Waals surface area contributed by atoms with Crippen molar-refractivity contribution in [2.75, 3.05) is 16.8 Å². The molecule has 0 spiro atoms. The third-order valence-corrected chi connectivity index (χ3v) is 4.20. The molecule has 2 aromatic carbocycles. The Hall–Kier alpha value is -3.03. The molecule has 1 unspecified atom stereocenters. The van der Waals surface area contributed by atoms with Gasteiger partial charge in [0.1, 0.15) is 6.04 Å². The van der Waals surface area contributed by atoms with E-state index in [2.05, 4.69) is 5.32 Å². The summed E-state index contributed by atoms with van der Waals surface area (Å²) < 4.78 is 38.6. The van der Waals surface area contributed by atoms with Gasteiger partial charge in [0.15, 0.2) is 0 Å². The van der Waals surface area contributed by atoms with Crippen molar-refractivity contribution in [1.82, 2.24) is 0 Å². The van der Waals surface area contributed by atoms with Gasteiger partial charge in [-0.05, 0) is 48.9 Å². The van der Waals surface area contributed by atoms with Crippen LogP contribution >= 0.6 is 0 Å². The van der Waals surface area contributed by atoms with Crippen LogP contribution in [0.1, 0.15) is 22.3 Å². The summed E-state index contributed by atoms with van der Waals surface area (Å²) in [5, 5.41) is 3.04. The SMILES string of the molecule is NC(=O)c1ccc(NC2CCN(c3cccc(C(F)(F)F)c3)C2=O)cc1. The summed E-state index contributed by atoms with van der Waals surface area (Å²) in [6.45, 7) is 0.317. The molecule has 0 radical (unpaired) electrons. The molecule has 1 heterocycles. The molecule has 1 saturated heterocycles. The molecule has 1 aliphatic rings. The second kappa shape index (κ2) is 6.70. The molecule has 2 amide bonds. The number of halogens is 3. The van der Waals surface area contributed by atoms with Crippen molar-refractivity contribution in [2.45, 2.75) is 18.6 Å². The first-order valence-electron chi connectivity index (χ1n) is 7.91. The van der Waals surface area contributed by atoms with Crippen molar-refractivity contribution in [1.29, 1.82) is 0 Å². The minimum atomic E-state index is -4.46. The van der Waals surface area contributed by atoms with E-state index in [9.17, 15) is 22.8 Å². The molecule has 136 valence electrons. The fraction of sp³-hybridized carbons (Fsp3) is 0.222. The Balaban J connectivity index is 1.73. The number of rotatable bonds is 4. The van der Waals surface area contributed by atoms with Crippen LogP contribution in [-0.2, 0) is 11.0 Å². The van der Waals surface area contributed by atoms with Crippen LogP contribution in [-0.4, -0.2) is 24.4 Å². The van der Waals surface area contributed by atoms with Gasteiger partial charge in [0.2, 0.25) is 11.8 Å². The van der Waals surface area contributed by atoms with Crippen molar-refractivity contribution in [2.24, 2.45) is 5.73 Å². The lowest BCUT2D eigenvalue weighted by Crippen LogP contribution is -2.33. The largest absolute Gasteiger partial charge is 0.416 e. The van der Waals surface area contributed by atoms with E-state index in [1.165, 1.54) is 29.2 Å². The van der Waals surface area contributed by atoms with E-state index in [1.54, 1.807) is 12.1 Å². The third-order valence-electron chi connectivity index (χ3n) is 4.20. The normalized spacial score (nSPS) is 17.4. The lowest BCUT2D eigenvalue weighted by molar-refractivity contribution is -0.137. The maximum atomic E-state index is 12.9. The maximum Gasteiger partial charge on any atom is 0.416 e. The van der Waals surface area contributed by atoms with Gasteiger partial charge in [-0.25, -0.2) is 0 Å². The standard InChI is InChI=1S/C18H16F3N3O2/c19-18(20,21)12-2-1-3-14(10-12)24-9-8-15(17(24)26)23-13-6-4-11(5-7-13)16(22)25/h1-7,10,15,23H,8-9H2,(H2,22,25). The minimum absolute atomic E-state index is 0.221. The van der Waals surface area contributed by atoms with Crippen LogP contribution in [0.25, 0.3) is 0 Å². The lowest BCUT2D eigenvalue weighted by atomic mass is 10.1. The second-order valence-corrected chi connectivity index (χ2v) is 5.97. The van der Waals surface area contributed by atoms with Crippen LogP contribution in [0.4, 0.5) is 24.5 Å². The minimum Gasteiger partial charge on any atom is -0.374 e. The number of nitrogens with zero attached hydrogens (tertiary/aromatic N) is 1. The summed E-state index contributed by atoms with van der Waals surface area (Å²) in [6.07, 6.45) is -4.01. The van der Waals surface area contributed by atoms with E-state index in [0.29, 0.717) is 24.2 Å². The van der Waals surface area contributed by atoms with Crippen molar-refractivity contribution in [3.05, 3.63) is 59.7 Å². The highest BCUT2D eigenvalue weighted by molar-refractivity contribution is 6.01. The molecule has 0 aliphatic carbocycles. The van der Waals surface area contributed by atoms with Crippen LogP contribution in [0, 0.1) is 0 Å². The van der Waals surface area contributed by atoms with Crippen LogP contribution in [0.3, 0.4) is 0 Å². The molecule has 3 N–H and O–H groups in total. The van der Waals surface area contributed by atoms with Gasteiger partial charge >= 0.3 is 6.18 Å². The van der Waals surface area contributed by atoms with Gasteiger partial charge in [-0.1, -0.05) is 6.07 Å². The van der Waals surface area contributed by atoms with Crippen LogP contribution in [0.2, 0.25) is 0 Å². The Morgan fingerprint density at radius 2 is 1.85 bits per heavy atom. The van der Waals surface area contributed by atoms with Gasteiger partial charge in [0.05, 0.1) is 5.56 Å². The van der Waals surface area contributed by atoms with Gasteiger partial charge < -0.3 is 16.0 Å². The Bertz CT molecular complexity index is 834. The number of carbonyl (C=O) groups is 2. The average Bonchev–Trinajstić information content (AvgIpc) is 2.95. The summed E-state index contributed by atoms with van der Waals surface area (Å²) >= 11 is 0.